The van der Waals surface area contributed by atoms with Gasteiger partial charge in [-0.15, -0.1) is 11.3 Å². The Hall–Kier alpha value is -2.29. The first-order valence-corrected chi connectivity index (χ1v) is 12.2. The van der Waals surface area contributed by atoms with Crippen molar-refractivity contribution in [2.45, 2.75) is 56.9 Å². The standard InChI is InChI=1S/C22H27N3O3S2/c1-22(2,3)25-30(27,28)17-10-8-9-16(15-17)23-20(26)13-6-7-14-21-24-18-11-4-5-12-19(18)29-21/h4-5,8-12,15,25H,6-7,13-14H2,1-3H3,(H,23,26). The Kier molecular flexibility index (Phi) is 6.90. The van der Waals surface area contributed by atoms with Gasteiger partial charge in [-0.05, 0) is 70.4 Å². The van der Waals surface area contributed by atoms with Gasteiger partial charge in [0.15, 0.2) is 0 Å². The van der Waals surface area contributed by atoms with Gasteiger partial charge in [0, 0.05) is 17.6 Å². The number of amides is 1. The zero-order valence-electron chi connectivity index (χ0n) is 17.4. The number of nitrogens with zero attached hydrogens (tertiary/aromatic N) is 1. The molecule has 1 aromatic heterocycles. The molecule has 0 aliphatic heterocycles. The fourth-order valence-corrected chi connectivity index (χ4v) is 5.49. The van der Waals surface area contributed by atoms with Crippen LogP contribution in [0.3, 0.4) is 0 Å². The quantitative estimate of drug-likeness (QED) is 0.491. The van der Waals surface area contributed by atoms with E-state index in [-0.39, 0.29) is 10.8 Å². The van der Waals surface area contributed by atoms with Crippen molar-refractivity contribution in [3.63, 3.8) is 0 Å². The summed E-state index contributed by atoms with van der Waals surface area (Å²) >= 11 is 1.69. The van der Waals surface area contributed by atoms with Crippen molar-refractivity contribution in [2.75, 3.05) is 5.32 Å². The molecule has 0 fully saturated rings. The van der Waals surface area contributed by atoms with Crippen molar-refractivity contribution in [3.8, 4) is 0 Å². The van der Waals surface area contributed by atoms with Crippen LogP contribution in [0.15, 0.2) is 53.4 Å². The van der Waals surface area contributed by atoms with Gasteiger partial charge in [-0.3, -0.25) is 4.79 Å². The number of hydrogen-bond acceptors (Lipinski definition) is 5. The first-order chi connectivity index (χ1) is 14.1. The van der Waals surface area contributed by atoms with E-state index in [9.17, 15) is 13.2 Å². The molecule has 6 nitrogen and oxygen atoms in total. The highest BCUT2D eigenvalue weighted by Gasteiger charge is 2.22. The van der Waals surface area contributed by atoms with Crippen LogP contribution < -0.4 is 10.0 Å². The lowest BCUT2D eigenvalue weighted by Gasteiger charge is -2.20. The summed E-state index contributed by atoms with van der Waals surface area (Å²) < 4.78 is 28.7. The van der Waals surface area contributed by atoms with Crippen LogP contribution in [0.5, 0.6) is 0 Å². The molecule has 0 aliphatic rings. The number of nitrogens with one attached hydrogen (secondary N) is 2. The average molecular weight is 446 g/mol. The number of thiazole rings is 1. The predicted octanol–water partition coefficient (Wildman–Crippen LogP) is 4.72. The lowest BCUT2D eigenvalue weighted by Crippen LogP contribution is -2.40. The van der Waals surface area contributed by atoms with Crippen LogP contribution in [0, 0.1) is 0 Å². The minimum atomic E-state index is -3.65. The number of para-hydroxylation sites is 1. The number of benzene rings is 2. The molecule has 0 saturated heterocycles. The van der Waals surface area contributed by atoms with Gasteiger partial charge in [-0.2, -0.15) is 0 Å². The molecule has 0 saturated carbocycles. The van der Waals surface area contributed by atoms with Gasteiger partial charge in [-0.1, -0.05) is 18.2 Å². The maximum Gasteiger partial charge on any atom is 0.241 e. The van der Waals surface area contributed by atoms with Gasteiger partial charge >= 0.3 is 0 Å². The number of unbranched alkanes of at least 4 members (excludes halogenated alkanes) is 1. The van der Waals surface area contributed by atoms with E-state index in [1.807, 2.05) is 18.2 Å². The Morgan fingerprint density at radius 1 is 1.07 bits per heavy atom. The van der Waals surface area contributed by atoms with Crippen LogP contribution in [0.4, 0.5) is 5.69 Å². The Bertz CT molecular complexity index is 1100. The Morgan fingerprint density at radius 2 is 1.83 bits per heavy atom. The van der Waals surface area contributed by atoms with Crippen molar-refractivity contribution >= 4 is 43.2 Å². The molecule has 0 atom stereocenters. The highest BCUT2D eigenvalue weighted by Crippen LogP contribution is 2.23. The largest absolute Gasteiger partial charge is 0.326 e. The number of carbonyl (C=O) groups excluding carboxylic acids is 1. The van der Waals surface area contributed by atoms with Crippen LogP contribution in [-0.4, -0.2) is 24.8 Å². The molecule has 3 aromatic rings. The zero-order valence-corrected chi connectivity index (χ0v) is 19.1. The molecule has 8 heteroatoms. The van der Waals surface area contributed by atoms with E-state index in [4.69, 9.17) is 0 Å². The fraction of sp³-hybridized carbons (Fsp3) is 0.364. The van der Waals surface area contributed by atoms with Gasteiger partial charge in [0.25, 0.3) is 0 Å². The summed E-state index contributed by atoms with van der Waals surface area (Å²) in [7, 11) is -3.65. The van der Waals surface area contributed by atoms with E-state index < -0.39 is 15.6 Å². The highest BCUT2D eigenvalue weighted by molar-refractivity contribution is 7.89. The monoisotopic (exact) mass is 445 g/mol. The second-order valence-electron chi connectivity index (χ2n) is 8.21. The molecule has 2 aromatic carbocycles. The maximum absolute atomic E-state index is 12.5. The Labute approximate surface area is 181 Å². The summed E-state index contributed by atoms with van der Waals surface area (Å²) in [5, 5.41) is 3.88. The second-order valence-corrected chi connectivity index (χ2v) is 11.0. The smallest absolute Gasteiger partial charge is 0.241 e. The molecule has 160 valence electrons. The van der Waals surface area contributed by atoms with E-state index in [0.717, 1.165) is 29.8 Å². The number of sulfonamides is 1. The maximum atomic E-state index is 12.5. The predicted molar refractivity (Wildman–Crippen MR) is 122 cm³/mol. The van der Waals surface area contributed by atoms with Gasteiger partial charge in [0.2, 0.25) is 15.9 Å². The fourth-order valence-electron chi connectivity index (χ4n) is 3.02. The van der Waals surface area contributed by atoms with E-state index in [2.05, 4.69) is 21.1 Å². The number of aryl methyl sites for hydroxylation is 1. The number of rotatable bonds is 8. The minimum absolute atomic E-state index is 0.127. The molecule has 2 N–H and O–H groups in total. The summed E-state index contributed by atoms with van der Waals surface area (Å²) in [5.74, 6) is -0.127. The van der Waals surface area contributed by atoms with E-state index >= 15 is 0 Å². The molecule has 1 amide bonds. The molecular weight excluding hydrogens is 418 g/mol. The zero-order chi connectivity index (χ0) is 21.8. The summed E-state index contributed by atoms with van der Waals surface area (Å²) in [6.07, 6.45) is 2.84. The minimum Gasteiger partial charge on any atom is -0.326 e. The molecule has 1 heterocycles. The van der Waals surface area contributed by atoms with Gasteiger partial charge < -0.3 is 5.32 Å². The van der Waals surface area contributed by atoms with E-state index in [1.165, 1.54) is 16.8 Å². The summed E-state index contributed by atoms with van der Waals surface area (Å²) in [5.41, 5.74) is 0.912. The third kappa shape index (κ3) is 6.35. The van der Waals surface area contributed by atoms with Crippen molar-refractivity contribution in [2.24, 2.45) is 0 Å². The van der Waals surface area contributed by atoms with Crippen molar-refractivity contribution in [1.82, 2.24) is 9.71 Å². The lowest BCUT2D eigenvalue weighted by atomic mass is 10.1. The first kappa shape index (κ1) is 22.4. The molecule has 0 unspecified atom stereocenters. The molecule has 0 aliphatic carbocycles. The molecule has 0 radical (unpaired) electrons. The van der Waals surface area contributed by atoms with Gasteiger partial charge in [0.05, 0.1) is 20.1 Å². The average Bonchev–Trinajstić information content (AvgIpc) is 3.06. The number of fused-ring (bicyclic) bond motifs is 1. The van der Waals surface area contributed by atoms with Crippen LogP contribution in [-0.2, 0) is 21.2 Å². The SMILES string of the molecule is CC(C)(C)NS(=O)(=O)c1cccc(NC(=O)CCCCc2nc3ccccc3s2)c1. The Balaban J connectivity index is 1.50. The summed E-state index contributed by atoms with van der Waals surface area (Å²) in [6.45, 7) is 5.35. The summed E-state index contributed by atoms with van der Waals surface area (Å²) in [4.78, 5) is 17.0. The number of hydrogen-bond donors (Lipinski definition) is 2. The van der Waals surface area contributed by atoms with Crippen molar-refractivity contribution in [3.05, 3.63) is 53.5 Å². The van der Waals surface area contributed by atoms with E-state index in [1.54, 1.807) is 44.2 Å². The third-order valence-corrected chi connectivity index (χ3v) is 7.10. The molecular formula is C22H27N3O3S2. The molecule has 0 bridgehead atoms. The molecule has 30 heavy (non-hydrogen) atoms. The normalized spacial score (nSPS) is 12.2. The highest BCUT2D eigenvalue weighted by atomic mass is 32.2. The Morgan fingerprint density at radius 3 is 2.57 bits per heavy atom. The first-order valence-electron chi connectivity index (χ1n) is 9.91. The van der Waals surface area contributed by atoms with Crippen LogP contribution in [0.1, 0.15) is 45.0 Å². The van der Waals surface area contributed by atoms with Crippen LogP contribution in [0.25, 0.3) is 10.2 Å². The number of carbonyl (C=O) groups is 1. The second kappa shape index (κ2) is 9.24. The molecule has 0 spiro atoms. The summed E-state index contributed by atoms with van der Waals surface area (Å²) in [6, 6.07) is 14.4. The molecule has 3 rings (SSSR count). The van der Waals surface area contributed by atoms with Gasteiger partial charge in [-0.25, -0.2) is 18.1 Å². The van der Waals surface area contributed by atoms with Gasteiger partial charge in [0.1, 0.15) is 0 Å². The topological polar surface area (TPSA) is 88.2 Å². The van der Waals surface area contributed by atoms with Crippen LogP contribution in [0.2, 0.25) is 0 Å². The van der Waals surface area contributed by atoms with Crippen LogP contribution >= 0.6 is 11.3 Å². The number of anilines is 1. The van der Waals surface area contributed by atoms with E-state index in [0.29, 0.717) is 12.1 Å². The lowest BCUT2D eigenvalue weighted by molar-refractivity contribution is -0.116. The van der Waals surface area contributed by atoms with Crippen molar-refractivity contribution in [1.29, 1.82) is 0 Å². The van der Waals surface area contributed by atoms with Crippen molar-refractivity contribution < 1.29 is 13.2 Å². The third-order valence-electron chi connectivity index (χ3n) is 4.25. The number of aromatic nitrogens is 1.